The molecule has 0 aliphatic carbocycles. The maximum Gasteiger partial charge on any atom is 0.306 e. The first-order valence-corrected chi connectivity index (χ1v) is 14.4. The molecule has 8 nitrogen and oxygen atoms in total. The van der Waals surface area contributed by atoms with Crippen molar-refractivity contribution >= 4 is 23.3 Å². The van der Waals surface area contributed by atoms with Crippen LogP contribution in [0.25, 0.3) is 0 Å². The second kappa shape index (κ2) is 15.5. The lowest BCUT2D eigenvalue weighted by Gasteiger charge is -2.26. The van der Waals surface area contributed by atoms with Crippen LogP contribution in [0.1, 0.15) is 98.4 Å². The van der Waals surface area contributed by atoms with Gasteiger partial charge in [0, 0.05) is 25.4 Å². The first-order valence-electron chi connectivity index (χ1n) is 14.4. The smallest absolute Gasteiger partial charge is 0.306 e. The van der Waals surface area contributed by atoms with E-state index in [1.165, 1.54) is 11.1 Å². The summed E-state index contributed by atoms with van der Waals surface area (Å²) in [6.45, 7) is 6.71. The molecule has 2 aromatic rings. The lowest BCUT2D eigenvalue weighted by atomic mass is 9.83. The van der Waals surface area contributed by atoms with Gasteiger partial charge < -0.3 is 25.9 Å². The molecule has 0 aromatic heterocycles. The van der Waals surface area contributed by atoms with Crippen LogP contribution < -0.4 is 21.9 Å². The molecule has 0 spiro atoms. The summed E-state index contributed by atoms with van der Waals surface area (Å²) in [5, 5.41) is 13.9. The SMILES string of the molecule is CCOC(=O)CC(c1ccc2c(c1)CNCC2)c1ccc(N(N)CCCCCCCCCC(=O)O)c(N)c1C. The third-order valence-electron chi connectivity index (χ3n) is 7.70. The lowest BCUT2D eigenvalue weighted by molar-refractivity contribution is -0.143. The summed E-state index contributed by atoms with van der Waals surface area (Å²) in [6.07, 6.45) is 8.57. The first kappa shape index (κ1) is 30.4. The molecule has 39 heavy (non-hydrogen) atoms. The topological polar surface area (TPSA) is 131 Å². The van der Waals surface area contributed by atoms with Crippen LogP contribution in [0, 0.1) is 6.92 Å². The van der Waals surface area contributed by atoms with Gasteiger partial charge in [-0.3, -0.25) is 9.59 Å². The van der Waals surface area contributed by atoms with E-state index in [1.54, 1.807) is 5.01 Å². The molecular weight excluding hydrogens is 492 g/mol. The zero-order valence-electron chi connectivity index (χ0n) is 23.6. The third-order valence-corrected chi connectivity index (χ3v) is 7.70. The number of carboxylic acids is 1. The standard InChI is InChI=1S/C31H46N4O4/c1-3-39-30(38)20-27(24-13-12-23-16-17-34-21-25(23)19-24)26-14-15-28(31(32)22(26)2)35(33)18-10-8-6-4-5-7-9-11-29(36)37/h12-15,19,27,34H,3-11,16-18,20-21,32-33H2,1-2H3,(H,36,37). The number of carbonyl (C=O) groups excluding carboxylic acids is 1. The number of carbonyl (C=O) groups is 2. The molecule has 0 radical (unpaired) electrons. The Morgan fingerprint density at radius 1 is 1.05 bits per heavy atom. The number of benzene rings is 2. The van der Waals surface area contributed by atoms with Gasteiger partial charge in [0.15, 0.2) is 0 Å². The Bertz CT molecular complexity index is 1100. The quantitative estimate of drug-likeness (QED) is 0.0755. The van der Waals surface area contributed by atoms with Crippen LogP contribution in [0.2, 0.25) is 0 Å². The number of hydrazine groups is 1. The highest BCUT2D eigenvalue weighted by molar-refractivity contribution is 5.75. The van der Waals surface area contributed by atoms with Gasteiger partial charge in [0.2, 0.25) is 0 Å². The van der Waals surface area contributed by atoms with Gasteiger partial charge in [0.1, 0.15) is 0 Å². The summed E-state index contributed by atoms with van der Waals surface area (Å²) in [5.74, 6) is 5.33. The Balaban J connectivity index is 1.66. The summed E-state index contributed by atoms with van der Waals surface area (Å²) in [4.78, 5) is 23.2. The number of hydrogen-bond acceptors (Lipinski definition) is 7. The monoisotopic (exact) mass is 538 g/mol. The largest absolute Gasteiger partial charge is 0.481 e. The fourth-order valence-corrected chi connectivity index (χ4v) is 5.43. The molecule has 1 heterocycles. The van der Waals surface area contributed by atoms with Crippen molar-refractivity contribution in [1.29, 1.82) is 0 Å². The molecule has 1 aliphatic heterocycles. The number of nitrogens with two attached hydrogens (primary N) is 2. The van der Waals surface area contributed by atoms with Crippen molar-refractivity contribution in [3.05, 3.63) is 58.1 Å². The van der Waals surface area contributed by atoms with Gasteiger partial charge >= 0.3 is 11.9 Å². The van der Waals surface area contributed by atoms with Crippen molar-refractivity contribution in [2.45, 2.75) is 90.5 Å². The predicted octanol–water partition coefficient (Wildman–Crippen LogP) is 5.19. The average molecular weight is 539 g/mol. The molecular formula is C31H46N4O4. The fraction of sp³-hybridized carbons (Fsp3) is 0.548. The molecule has 1 aliphatic rings. The number of unbranched alkanes of at least 4 members (excludes halogenated alkanes) is 6. The summed E-state index contributed by atoms with van der Waals surface area (Å²) in [7, 11) is 0. The summed E-state index contributed by atoms with van der Waals surface area (Å²) in [6, 6.07) is 10.6. The zero-order valence-corrected chi connectivity index (χ0v) is 23.6. The molecule has 1 unspecified atom stereocenters. The van der Waals surface area contributed by atoms with Gasteiger partial charge in [0.05, 0.1) is 24.4 Å². The highest BCUT2D eigenvalue weighted by atomic mass is 16.5. The summed E-state index contributed by atoms with van der Waals surface area (Å²) < 4.78 is 5.33. The predicted molar refractivity (Wildman–Crippen MR) is 157 cm³/mol. The molecule has 0 amide bonds. The third kappa shape index (κ3) is 8.97. The van der Waals surface area contributed by atoms with E-state index in [1.807, 2.05) is 19.9 Å². The van der Waals surface area contributed by atoms with Crippen molar-refractivity contribution in [2.24, 2.45) is 5.84 Å². The zero-order chi connectivity index (χ0) is 28.2. The van der Waals surface area contributed by atoms with Crippen LogP contribution >= 0.6 is 0 Å². The van der Waals surface area contributed by atoms with Gasteiger partial charge in [0.25, 0.3) is 0 Å². The number of nitrogens with zero attached hydrogens (tertiary/aromatic N) is 1. The minimum atomic E-state index is -0.716. The molecule has 3 rings (SSSR count). The van der Waals surface area contributed by atoms with Crippen molar-refractivity contribution < 1.29 is 19.4 Å². The maximum absolute atomic E-state index is 12.6. The number of rotatable bonds is 16. The van der Waals surface area contributed by atoms with Gasteiger partial charge in [-0.05, 0) is 73.5 Å². The summed E-state index contributed by atoms with van der Waals surface area (Å²) in [5.41, 5.74) is 13.8. The van der Waals surface area contributed by atoms with Crippen LogP contribution in [-0.4, -0.2) is 36.7 Å². The van der Waals surface area contributed by atoms with Gasteiger partial charge in [-0.2, -0.15) is 0 Å². The molecule has 0 saturated heterocycles. The lowest BCUT2D eigenvalue weighted by Crippen LogP contribution is -2.32. The Morgan fingerprint density at radius 3 is 2.49 bits per heavy atom. The van der Waals surface area contributed by atoms with E-state index in [0.29, 0.717) is 18.8 Å². The first-order chi connectivity index (χ1) is 18.8. The summed E-state index contributed by atoms with van der Waals surface area (Å²) >= 11 is 0. The van der Waals surface area contributed by atoms with E-state index in [0.717, 1.165) is 86.8 Å². The Hall–Kier alpha value is -3.10. The van der Waals surface area contributed by atoms with Crippen LogP contribution in [0.15, 0.2) is 30.3 Å². The van der Waals surface area contributed by atoms with Gasteiger partial charge in [-0.25, -0.2) is 5.84 Å². The Morgan fingerprint density at radius 2 is 1.77 bits per heavy atom. The number of fused-ring (bicyclic) bond motifs is 1. The second-order valence-corrected chi connectivity index (χ2v) is 10.5. The minimum absolute atomic E-state index is 0.158. The van der Waals surface area contributed by atoms with Crippen molar-refractivity contribution in [1.82, 2.24) is 5.32 Å². The molecule has 214 valence electrons. The van der Waals surface area contributed by atoms with Gasteiger partial charge in [-0.1, -0.05) is 56.4 Å². The van der Waals surface area contributed by atoms with E-state index in [-0.39, 0.29) is 24.7 Å². The molecule has 0 fully saturated rings. The van der Waals surface area contributed by atoms with E-state index in [2.05, 4.69) is 29.6 Å². The number of nitrogens with one attached hydrogen (secondary N) is 1. The number of esters is 1. The molecule has 2 aromatic carbocycles. The van der Waals surface area contributed by atoms with Crippen LogP contribution in [0.3, 0.4) is 0 Å². The van der Waals surface area contributed by atoms with E-state index < -0.39 is 5.97 Å². The number of carboxylic acid groups (broad SMARTS) is 1. The molecule has 0 saturated carbocycles. The number of nitrogen functional groups attached to an aromatic ring is 1. The van der Waals surface area contributed by atoms with Crippen molar-refractivity contribution in [2.75, 3.05) is 30.4 Å². The fourth-order valence-electron chi connectivity index (χ4n) is 5.43. The normalized spacial score (nSPS) is 13.5. The molecule has 6 N–H and O–H groups in total. The minimum Gasteiger partial charge on any atom is -0.481 e. The van der Waals surface area contributed by atoms with Gasteiger partial charge in [-0.15, -0.1) is 0 Å². The van der Waals surface area contributed by atoms with E-state index >= 15 is 0 Å². The maximum atomic E-state index is 12.6. The van der Waals surface area contributed by atoms with Crippen LogP contribution in [0.5, 0.6) is 0 Å². The second-order valence-electron chi connectivity index (χ2n) is 10.5. The molecule has 0 bridgehead atoms. The number of hydrogen-bond donors (Lipinski definition) is 4. The Kier molecular flexibility index (Phi) is 12.1. The Labute approximate surface area is 233 Å². The van der Waals surface area contributed by atoms with Crippen molar-refractivity contribution in [3.8, 4) is 0 Å². The number of ether oxygens (including phenoxy) is 1. The van der Waals surface area contributed by atoms with Crippen molar-refractivity contribution in [3.63, 3.8) is 0 Å². The van der Waals surface area contributed by atoms with Crippen LogP contribution in [0.4, 0.5) is 11.4 Å². The highest BCUT2D eigenvalue weighted by Gasteiger charge is 2.24. The van der Waals surface area contributed by atoms with Crippen LogP contribution in [-0.2, 0) is 27.3 Å². The molecule has 1 atom stereocenters. The van der Waals surface area contributed by atoms with E-state index in [9.17, 15) is 9.59 Å². The number of aliphatic carboxylic acids is 1. The molecule has 8 heteroatoms. The average Bonchev–Trinajstić information content (AvgIpc) is 2.92. The highest BCUT2D eigenvalue weighted by Crippen LogP contribution is 2.37. The number of anilines is 2. The van der Waals surface area contributed by atoms with E-state index in [4.69, 9.17) is 21.4 Å².